The van der Waals surface area contributed by atoms with Crippen LogP contribution >= 0.6 is 11.6 Å². The van der Waals surface area contributed by atoms with Crippen molar-refractivity contribution in [1.82, 2.24) is 14.5 Å². The summed E-state index contributed by atoms with van der Waals surface area (Å²) in [5, 5.41) is 0.612. The Morgan fingerprint density at radius 2 is 2.12 bits per heavy atom. The number of rotatable bonds is 2. The van der Waals surface area contributed by atoms with Crippen molar-refractivity contribution in [2.24, 2.45) is 0 Å². The van der Waals surface area contributed by atoms with Gasteiger partial charge in [0.05, 0.1) is 12.2 Å². The zero-order valence-corrected chi connectivity index (χ0v) is 10.4. The van der Waals surface area contributed by atoms with Gasteiger partial charge >= 0.3 is 0 Å². The number of aryl methyl sites for hydroxylation is 2. The highest BCUT2D eigenvalue weighted by molar-refractivity contribution is 6.30. The summed E-state index contributed by atoms with van der Waals surface area (Å²) in [6.07, 6.45) is 1.62. The van der Waals surface area contributed by atoms with E-state index in [0.29, 0.717) is 17.4 Å². The van der Waals surface area contributed by atoms with Crippen molar-refractivity contribution in [2.75, 3.05) is 0 Å². The highest BCUT2D eigenvalue weighted by Gasteiger charge is 2.05. The third-order valence-electron chi connectivity index (χ3n) is 2.43. The molecular formula is C12H12ClN3O. The fourth-order valence-electron chi connectivity index (χ4n) is 1.65. The lowest BCUT2D eigenvalue weighted by Crippen LogP contribution is -2.24. The minimum Gasteiger partial charge on any atom is -0.291 e. The SMILES string of the molecule is Cc1cc(=O)n(Cc2cc(Cl)ccn2)c(C)n1. The van der Waals surface area contributed by atoms with Gasteiger partial charge in [0.2, 0.25) is 0 Å². The van der Waals surface area contributed by atoms with Gasteiger partial charge in [0.15, 0.2) is 0 Å². The molecule has 88 valence electrons. The van der Waals surface area contributed by atoms with Crippen LogP contribution in [0.1, 0.15) is 17.2 Å². The smallest absolute Gasteiger partial charge is 0.254 e. The maximum Gasteiger partial charge on any atom is 0.254 e. The molecule has 2 rings (SSSR count). The first-order valence-corrected chi connectivity index (χ1v) is 5.59. The van der Waals surface area contributed by atoms with Gasteiger partial charge in [-0.2, -0.15) is 0 Å². The van der Waals surface area contributed by atoms with Crippen molar-refractivity contribution in [3.8, 4) is 0 Å². The molecule has 0 atom stereocenters. The fraction of sp³-hybridized carbons (Fsp3) is 0.250. The Bertz CT molecular complexity index is 607. The normalized spacial score (nSPS) is 10.5. The van der Waals surface area contributed by atoms with Crippen molar-refractivity contribution in [1.29, 1.82) is 0 Å². The molecule has 0 bridgehead atoms. The second kappa shape index (κ2) is 4.67. The lowest BCUT2D eigenvalue weighted by molar-refractivity contribution is 0.681. The summed E-state index contributed by atoms with van der Waals surface area (Å²) < 4.78 is 1.58. The van der Waals surface area contributed by atoms with E-state index in [1.165, 1.54) is 6.07 Å². The molecule has 2 heterocycles. The molecule has 0 aromatic carbocycles. The number of aromatic nitrogens is 3. The maximum absolute atomic E-state index is 11.8. The average molecular weight is 250 g/mol. The van der Waals surface area contributed by atoms with Gasteiger partial charge in [0.25, 0.3) is 5.56 Å². The Morgan fingerprint density at radius 3 is 2.76 bits per heavy atom. The average Bonchev–Trinajstić information content (AvgIpc) is 2.23. The zero-order chi connectivity index (χ0) is 12.4. The fourth-order valence-corrected chi connectivity index (χ4v) is 1.84. The highest BCUT2D eigenvalue weighted by Crippen LogP contribution is 2.09. The van der Waals surface area contributed by atoms with E-state index in [2.05, 4.69) is 9.97 Å². The van der Waals surface area contributed by atoms with Gasteiger partial charge in [0, 0.05) is 23.0 Å². The van der Waals surface area contributed by atoms with E-state index in [4.69, 9.17) is 11.6 Å². The van der Waals surface area contributed by atoms with E-state index >= 15 is 0 Å². The van der Waals surface area contributed by atoms with Gasteiger partial charge < -0.3 is 0 Å². The quantitative estimate of drug-likeness (QED) is 0.818. The molecule has 0 saturated heterocycles. The second-order valence-corrected chi connectivity index (χ2v) is 4.27. The monoisotopic (exact) mass is 249 g/mol. The standard InChI is InChI=1S/C12H12ClN3O/c1-8-5-12(17)16(9(2)15-8)7-11-6-10(13)3-4-14-11/h3-6H,7H2,1-2H3. The zero-order valence-electron chi connectivity index (χ0n) is 9.64. The topological polar surface area (TPSA) is 47.8 Å². The van der Waals surface area contributed by atoms with Crippen LogP contribution in [0.4, 0.5) is 0 Å². The van der Waals surface area contributed by atoms with E-state index in [9.17, 15) is 4.79 Å². The Labute approximate surface area is 104 Å². The summed E-state index contributed by atoms with van der Waals surface area (Å²) in [6.45, 7) is 3.99. The van der Waals surface area contributed by atoms with Crippen molar-refractivity contribution in [2.45, 2.75) is 20.4 Å². The molecule has 5 heteroatoms. The number of pyridine rings is 1. The predicted molar refractivity (Wildman–Crippen MR) is 66.3 cm³/mol. The van der Waals surface area contributed by atoms with Crippen LogP contribution in [-0.4, -0.2) is 14.5 Å². The third-order valence-corrected chi connectivity index (χ3v) is 2.66. The van der Waals surface area contributed by atoms with Crippen LogP contribution in [0.15, 0.2) is 29.2 Å². The van der Waals surface area contributed by atoms with Crippen LogP contribution in [-0.2, 0) is 6.54 Å². The van der Waals surface area contributed by atoms with Crippen molar-refractivity contribution >= 4 is 11.6 Å². The molecule has 17 heavy (non-hydrogen) atoms. The Morgan fingerprint density at radius 1 is 1.35 bits per heavy atom. The largest absolute Gasteiger partial charge is 0.291 e. The second-order valence-electron chi connectivity index (χ2n) is 3.83. The van der Waals surface area contributed by atoms with Crippen LogP contribution in [0.2, 0.25) is 5.02 Å². The number of hydrogen-bond donors (Lipinski definition) is 0. The third kappa shape index (κ3) is 2.71. The van der Waals surface area contributed by atoms with Crippen LogP contribution in [0.5, 0.6) is 0 Å². The summed E-state index contributed by atoms with van der Waals surface area (Å²) in [5.41, 5.74) is 1.40. The van der Waals surface area contributed by atoms with Gasteiger partial charge in [-0.15, -0.1) is 0 Å². The molecule has 0 spiro atoms. The van der Waals surface area contributed by atoms with Gasteiger partial charge in [-0.05, 0) is 26.0 Å². The van der Waals surface area contributed by atoms with E-state index in [-0.39, 0.29) is 5.56 Å². The molecule has 0 N–H and O–H groups in total. The molecular weight excluding hydrogens is 238 g/mol. The van der Waals surface area contributed by atoms with Crippen LogP contribution < -0.4 is 5.56 Å². The van der Waals surface area contributed by atoms with Gasteiger partial charge in [-0.3, -0.25) is 14.3 Å². The predicted octanol–water partition coefficient (Wildman–Crippen LogP) is 1.96. The highest BCUT2D eigenvalue weighted by atomic mass is 35.5. The molecule has 0 radical (unpaired) electrons. The van der Waals surface area contributed by atoms with Crippen LogP contribution in [0, 0.1) is 13.8 Å². The Kier molecular flexibility index (Phi) is 3.24. The van der Waals surface area contributed by atoms with Gasteiger partial charge in [0.1, 0.15) is 5.82 Å². The maximum atomic E-state index is 11.8. The van der Waals surface area contributed by atoms with Gasteiger partial charge in [-0.25, -0.2) is 4.98 Å². The first-order valence-electron chi connectivity index (χ1n) is 5.22. The summed E-state index contributed by atoms with van der Waals surface area (Å²) in [5.74, 6) is 0.678. The van der Waals surface area contributed by atoms with E-state index in [0.717, 1.165) is 11.4 Å². The molecule has 2 aromatic heterocycles. The van der Waals surface area contributed by atoms with Crippen molar-refractivity contribution in [3.05, 3.63) is 57.0 Å². The first kappa shape index (κ1) is 11.8. The molecule has 0 aliphatic carbocycles. The molecule has 0 aliphatic heterocycles. The molecule has 2 aromatic rings. The molecule has 0 aliphatic rings. The Hall–Kier alpha value is -1.68. The van der Waals surface area contributed by atoms with Crippen LogP contribution in [0.25, 0.3) is 0 Å². The molecule has 0 fully saturated rings. The minimum absolute atomic E-state index is 0.0724. The summed E-state index contributed by atoms with van der Waals surface area (Å²) in [6, 6.07) is 4.96. The molecule has 0 amide bonds. The van der Waals surface area contributed by atoms with E-state index in [1.807, 2.05) is 0 Å². The molecule has 0 saturated carbocycles. The lowest BCUT2D eigenvalue weighted by atomic mass is 10.3. The summed E-state index contributed by atoms with van der Waals surface area (Å²) in [7, 11) is 0. The first-order chi connectivity index (χ1) is 8.06. The number of halogens is 1. The summed E-state index contributed by atoms with van der Waals surface area (Å²) >= 11 is 5.87. The minimum atomic E-state index is -0.0724. The lowest BCUT2D eigenvalue weighted by Gasteiger charge is -2.09. The van der Waals surface area contributed by atoms with Crippen LogP contribution in [0.3, 0.4) is 0 Å². The van der Waals surface area contributed by atoms with E-state index in [1.54, 1.807) is 36.7 Å². The van der Waals surface area contributed by atoms with Crippen molar-refractivity contribution in [3.63, 3.8) is 0 Å². The number of nitrogens with zero attached hydrogens (tertiary/aromatic N) is 3. The number of hydrogen-bond acceptors (Lipinski definition) is 3. The summed E-state index contributed by atoms with van der Waals surface area (Å²) in [4.78, 5) is 20.2. The van der Waals surface area contributed by atoms with Crippen molar-refractivity contribution < 1.29 is 0 Å². The Balaban J connectivity index is 2.40. The van der Waals surface area contributed by atoms with Gasteiger partial charge in [-0.1, -0.05) is 11.6 Å². The van der Waals surface area contributed by atoms with E-state index < -0.39 is 0 Å². The molecule has 4 nitrogen and oxygen atoms in total. The molecule has 0 unspecified atom stereocenters.